The largest absolute Gasteiger partial charge is 0.481 e. The van der Waals surface area contributed by atoms with Gasteiger partial charge < -0.3 is 10.1 Å². The maximum absolute atomic E-state index is 10.9. The number of nitrogens with zero attached hydrogens (tertiary/aromatic N) is 1. The zero-order valence-electron chi connectivity index (χ0n) is 10.1. The Morgan fingerprint density at radius 1 is 1.47 bits per heavy atom. The van der Waals surface area contributed by atoms with Gasteiger partial charge in [-0.05, 0) is 19.0 Å². The highest BCUT2D eigenvalue weighted by atomic mass is 32.2. The SMILES string of the molecule is COc1ncccc1CNCCCS(C)(=O)=O. The molecule has 1 aromatic rings. The van der Waals surface area contributed by atoms with Gasteiger partial charge in [-0.3, -0.25) is 0 Å². The summed E-state index contributed by atoms with van der Waals surface area (Å²) in [5.41, 5.74) is 0.967. The van der Waals surface area contributed by atoms with Crippen LogP contribution in [0.4, 0.5) is 0 Å². The number of pyridine rings is 1. The Bertz CT molecular complexity index is 446. The van der Waals surface area contributed by atoms with Gasteiger partial charge >= 0.3 is 0 Å². The van der Waals surface area contributed by atoms with Crippen LogP contribution in [-0.2, 0) is 16.4 Å². The summed E-state index contributed by atoms with van der Waals surface area (Å²) in [6.07, 6.45) is 3.53. The van der Waals surface area contributed by atoms with E-state index < -0.39 is 9.84 Å². The van der Waals surface area contributed by atoms with Gasteiger partial charge in [-0.2, -0.15) is 0 Å². The quantitative estimate of drug-likeness (QED) is 0.726. The summed E-state index contributed by atoms with van der Waals surface area (Å²) in [5, 5.41) is 3.16. The van der Waals surface area contributed by atoms with E-state index in [1.54, 1.807) is 13.3 Å². The minimum atomic E-state index is -2.86. The fourth-order valence-electron chi connectivity index (χ4n) is 1.42. The molecule has 0 aliphatic heterocycles. The zero-order chi connectivity index (χ0) is 12.7. The summed E-state index contributed by atoms with van der Waals surface area (Å²) in [5.74, 6) is 0.813. The van der Waals surface area contributed by atoms with Crippen molar-refractivity contribution in [2.45, 2.75) is 13.0 Å². The van der Waals surface area contributed by atoms with Crippen molar-refractivity contribution in [2.24, 2.45) is 0 Å². The topological polar surface area (TPSA) is 68.3 Å². The van der Waals surface area contributed by atoms with Crippen LogP contribution in [0, 0.1) is 0 Å². The molecule has 0 saturated carbocycles. The number of ether oxygens (including phenoxy) is 1. The Morgan fingerprint density at radius 2 is 2.24 bits per heavy atom. The van der Waals surface area contributed by atoms with E-state index in [9.17, 15) is 8.42 Å². The van der Waals surface area contributed by atoms with Crippen LogP contribution in [0.25, 0.3) is 0 Å². The number of aromatic nitrogens is 1. The summed E-state index contributed by atoms with van der Waals surface area (Å²) < 4.78 is 26.9. The Morgan fingerprint density at radius 3 is 2.88 bits per heavy atom. The smallest absolute Gasteiger partial charge is 0.217 e. The summed E-state index contributed by atoms with van der Waals surface area (Å²) in [4.78, 5) is 4.08. The van der Waals surface area contributed by atoms with Gasteiger partial charge in [0.05, 0.1) is 12.9 Å². The fraction of sp³-hybridized carbons (Fsp3) is 0.545. The maximum Gasteiger partial charge on any atom is 0.217 e. The van der Waals surface area contributed by atoms with Gasteiger partial charge in [0.15, 0.2) is 0 Å². The average molecular weight is 258 g/mol. The highest BCUT2D eigenvalue weighted by molar-refractivity contribution is 7.90. The lowest BCUT2D eigenvalue weighted by molar-refractivity contribution is 0.390. The molecular formula is C11H18N2O3S. The second-order valence-electron chi connectivity index (χ2n) is 3.83. The molecule has 1 heterocycles. The average Bonchev–Trinajstić information content (AvgIpc) is 2.27. The first-order valence-electron chi connectivity index (χ1n) is 5.39. The number of nitrogens with one attached hydrogen (secondary N) is 1. The molecule has 0 radical (unpaired) electrons. The van der Waals surface area contributed by atoms with Crippen LogP contribution in [0.3, 0.4) is 0 Å². The fourth-order valence-corrected chi connectivity index (χ4v) is 2.09. The monoisotopic (exact) mass is 258 g/mol. The van der Waals surface area contributed by atoms with E-state index in [0.29, 0.717) is 25.4 Å². The third-order valence-corrected chi connectivity index (χ3v) is 3.26. The highest BCUT2D eigenvalue weighted by Gasteiger charge is 2.03. The normalized spacial score (nSPS) is 11.4. The van der Waals surface area contributed by atoms with E-state index in [-0.39, 0.29) is 5.75 Å². The molecule has 96 valence electrons. The minimum absolute atomic E-state index is 0.212. The molecule has 0 aliphatic carbocycles. The van der Waals surface area contributed by atoms with E-state index in [1.807, 2.05) is 12.1 Å². The van der Waals surface area contributed by atoms with Crippen LogP contribution in [0.1, 0.15) is 12.0 Å². The van der Waals surface area contributed by atoms with E-state index in [4.69, 9.17) is 4.74 Å². The third-order valence-electron chi connectivity index (χ3n) is 2.23. The van der Waals surface area contributed by atoms with Crippen molar-refractivity contribution in [3.63, 3.8) is 0 Å². The molecule has 0 amide bonds. The lowest BCUT2D eigenvalue weighted by atomic mass is 10.2. The maximum atomic E-state index is 10.9. The molecule has 0 saturated heterocycles. The molecular weight excluding hydrogens is 240 g/mol. The summed E-state index contributed by atoms with van der Waals surface area (Å²) >= 11 is 0. The van der Waals surface area contributed by atoms with Gasteiger partial charge in [0.2, 0.25) is 5.88 Å². The van der Waals surface area contributed by atoms with Crippen molar-refractivity contribution in [1.82, 2.24) is 10.3 Å². The first-order valence-corrected chi connectivity index (χ1v) is 7.45. The van der Waals surface area contributed by atoms with Gasteiger partial charge in [0, 0.05) is 24.6 Å². The molecule has 0 aliphatic rings. The van der Waals surface area contributed by atoms with Crippen molar-refractivity contribution >= 4 is 9.84 Å². The standard InChI is InChI=1S/C11H18N2O3S/c1-16-11-10(5-3-7-13-11)9-12-6-4-8-17(2,14)15/h3,5,7,12H,4,6,8-9H2,1-2H3. The van der Waals surface area contributed by atoms with E-state index in [2.05, 4.69) is 10.3 Å². The zero-order valence-corrected chi connectivity index (χ0v) is 11.0. The Labute approximate surface area is 102 Å². The molecule has 0 unspecified atom stereocenters. The molecule has 0 bridgehead atoms. The second kappa shape index (κ2) is 6.56. The Hall–Kier alpha value is -1.14. The Balaban J connectivity index is 2.31. The number of methoxy groups -OCH3 is 1. The molecule has 0 atom stereocenters. The number of hydrogen-bond acceptors (Lipinski definition) is 5. The van der Waals surface area contributed by atoms with Crippen LogP contribution >= 0.6 is 0 Å². The van der Waals surface area contributed by atoms with Crippen LogP contribution in [0.15, 0.2) is 18.3 Å². The van der Waals surface area contributed by atoms with E-state index in [0.717, 1.165) is 5.56 Å². The molecule has 6 heteroatoms. The first-order chi connectivity index (χ1) is 8.03. The molecule has 1 N–H and O–H groups in total. The highest BCUT2D eigenvalue weighted by Crippen LogP contribution is 2.12. The third kappa shape index (κ3) is 5.65. The summed E-state index contributed by atoms with van der Waals surface area (Å²) in [7, 11) is -1.28. The van der Waals surface area contributed by atoms with Crippen LogP contribution < -0.4 is 10.1 Å². The van der Waals surface area contributed by atoms with Crippen molar-refractivity contribution in [3.05, 3.63) is 23.9 Å². The second-order valence-corrected chi connectivity index (χ2v) is 6.09. The van der Waals surface area contributed by atoms with Crippen molar-refractivity contribution in [1.29, 1.82) is 0 Å². The van der Waals surface area contributed by atoms with Crippen LogP contribution in [0.2, 0.25) is 0 Å². The Kier molecular flexibility index (Phi) is 5.37. The lowest BCUT2D eigenvalue weighted by Crippen LogP contribution is -2.18. The van der Waals surface area contributed by atoms with Crippen molar-refractivity contribution in [3.8, 4) is 5.88 Å². The van der Waals surface area contributed by atoms with E-state index in [1.165, 1.54) is 6.26 Å². The van der Waals surface area contributed by atoms with Gasteiger partial charge in [-0.25, -0.2) is 13.4 Å². The van der Waals surface area contributed by atoms with Gasteiger partial charge in [0.1, 0.15) is 9.84 Å². The van der Waals surface area contributed by atoms with Gasteiger partial charge in [-0.1, -0.05) is 6.07 Å². The molecule has 0 spiro atoms. The number of sulfone groups is 1. The molecule has 17 heavy (non-hydrogen) atoms. The predicted octanol–water partition coefficient (Wildman–Crippen LogP) is 0.615. The van der Waals surface area contributed by atoms with Gasteiger partial charge in [-0.15, -0.1) is 0 Å². The minimum Gasteiger partial charge on any atom is -0.481 e. The van der Waals surface area contributed by atoms with Crippen LogP contribution in [0.5, 0.6) is 5.88 Å². The summed E-state index contributed by atoms with van der Waals surface area (Å²) in [6.45, 7) is 1.28. The molecule has 0 aromatic carbocycles. The predicted molar refractivity (Wildman–Crippen MR) is 66.8 cm³/mol. The molecule has 1 aromatic heterocycles. The first kappa shape index (κ1) is 13.9. The van der Waals surface area contributed by atoms with Gasteiger partial charge in [0.25, 0.3) is 0 Å². The molecule has 5 nitrogen and oxygen atoms in total. The number of hydrogen-bond donors (Lipinski definition) is 1. The molecule has 1 rings (SSSR count). The number of rotatable bonds is 7. The van der Waals surface area contributed by atoms with E-state index >= 15 is 0 Å². The summed E-state index contributed by atoms with van der Waals surface area (Å²) in [6, 6.07) is 3.77. The lowest BCUT2D eigenvalue weighted by Gasteiger charge is -2.07. The van der Waals surface area contributed by atoms with Crippen molar-refractivity contribution in [2.75, 3.05) is 25.7 Å². The van der Waals surface area contributed by atoms with Crippen LogP contribution in [-0.4, -0.2) is 39.1 Å². The molecule has 0 fully saturated rings. The van der Waals surface area contributed by atoms with Crippen molar-refractivity contribution < 1.29 is 13.2 Å².